The van der Waals surface area contributed by atoms with Gasteiger partial charge in [0.05, 0.1) is 0 Å². The zero-order valence-corrected chi connectivity index (χ0v) is 17.6. The van der Waals surface area contributed by atoms with Crippen molar-refractivity contribution >= 4 is 37.7 Å². The van der Waals surface area contributed by atoms with E-state index in [2.05, 4.69) is 0 Å². The summed E-state index contributed by atoms with van der Waals surface area (Å²) < 4.78 is 0. The minimum atomic E-state index is -0.472. The topological polar surface area (TPSA) is 245 Å². The largest absolute Gasteiger partial charge is 0.693 e. The molecule has 0 bridgehead atoms. The van der Waals surface area contributed by atoms with Gasteiger partial charge in [-0.2, -0.15) is 13.1 Å². The summed E-state index contributed by atoms with van der Waals surface area (Å²) in [6.45, 7) is 1.06. The van der Waals surface area contributed by atoms with Crippen LogP contribution >= 0.6 is 37.7 Å². The van der Waals surface area contributed by atoms with Crippen LogP contribution in [0.25, 0.3) is 36.1 Å². The average Bonchev–Trinajstić information content (AvgIpc) is 2.08. The summed E-state index contributed by atoms with van der Waals surface area (Å²) >= 11 is -0.944. The summed E-state index contributed by atoms with van der Waals surface area (Å²) in [5.41, 5.74) is 13.4. The second-order valence-corrected chi connectivity index (χ2v) is 8.22. The molecule has 0 spiro atoms. The normalized spacial score (nSPS) is 5.79. The first-order chi connectivity index (χ1) is 6.24. The Morgan fingerprint density at radius 3 is 0.842 bits per heavy atom. The molecular weight excluding hydrogens is 708 g/mol. The Morgan fingerprint density at radius 2 is 0.737 bits per heavy atom. The molecule has 14 heteroatoms. The van der Waals surface area contributed by atoms with Gasteiger partial charge in [0.2, 0.25) is 0 Å². The van der Waals surface area contributed by atoms with Crippen molar-refractivity contribution < 1.29 is 43.9 Å². The van der Waals surface area contributed by atoms with Gasteiger partial charge in [-0.3, -0.25) is 0 Å². The molecule has 8 nitrogen and oxygen atoms in total. The second-order valence-electron chi connectivity index (χ2n) is 1.65. The number of hydrogen-bond donors (Lipinski definition) is 0. The fourth-order valence-electron chi connectivity index (χ4n) is 0.427. The van der Waals surface area contributed by atoms with E-state index in [-0.39, 0.29) is 35.6 Å². The fraction of sp³-hybridized carbons (Fsp3) is 1.00. The van der Waals surface area contributed by atoms with Crippen molar-refractivity contribution in [3.05, 3.63) is 36.1 Å². The molecule has 0 saturated heterocycles. The molecule has 0 aliphatic carbocycles. The summed E-state index contributed by atoms with van der Waals surface area (Å²) in [7, 11) is 19.5. The Hall–Kier alpha value is 2.22. The third-order valence-corrected chi connectivity index (χ3v) is 0.854. The van der Waals surface area contributed by atoms with E-state index in [1.54, 1.807) is 0 Å². The van der Waals surface area contributed by atoms with Crippen LogP contribution in [0.1, 0.15) is 19.3 Å². The molecule has 0 radical (unpaired) electrons. The van der Waals surface area contributed by atoms with Gasteiger partial charge >= 0.3 is 70.6 Å². The molecule has 0 aliphatic rings. The predicted molar refractivity (Wildman–Crippen MR) is 84.0 cm³/mol. The van der Waals surface area contributed by atoms with Gasteiger partial charge in [0.25, 0.3) is 0 Å². The molecule has 0 rings (SSSR count). The number of hydrogen-bond acceptors (Lipinski definition) is 0. The molecule has 0 aromatic carbocycles. The van der Waals surface area contributed by atoms with Crippen LogP contribution in [0.15, 0.2) is 0 Å². The van der Waals surface area contributed by atoms with Crippen molar-refractivity contribution in [2.45, 2.75) is 19.3 Å². The Kier molecular flexibility index (Phi) is 269. The zero-order valence-electron chi connectivity index (χ0n) is 9.99. The molecule has 0 aliphatic heterocycles. The van der Waals surface area contributed by atoms with Crippen LogP contribution in [0.5, 0.6) is 0 Å². The molecule has 0 saturated carbocycles. The smallest absolute Gasteiger partial charge is 0.0566 e. The molecule has 0 fully saturated rings. The van der Waals surface area contributed by atoms with Crippen LogP contribution in [0.4, 0.5) is 0 Å². The fourth-order valence-corrected chi connectivity index (χ4v) is 0.427. The van der Waals surface area contributed by atoms with Gasteiger partial charge in [-0.15, -0.1) is 0 Å². The average molecular weight is 732 g/mol. The maximum atomic E-state index is 6.72. The van der Waals surface area contributed by atoms with Gasteiger partial charge in [0.1, 0.15) is 0 Å². The molecule has 0 unspecified atom stereocenters. The summed E-state index contributed by atoms with van der Waals surface area (Å²) in [6, 6.07) is 0. The van der Waals surface area contributed by atoms with Gasteiger partial charge in [0, 0.05) is 0 Å². The van der Waals surface area contributed by atoms with Crippen LogP contribution in [-0.2, 0) is 33.0 Å². The van der Waals surface area contributed by atoms with Crippen LogP contribution in [0.3, 0.4) is 0 Å². The van der Waals surface area contributed by atoms with Gasteiger partial charge in [-0.05, 0) is 0 Å². The van der Waals surface area contributed by atoms with E-state index in [1.165, 1.54) is 0 Å². The van der Waals surface area contributed by atoms with Gasteiger partial charge in [0.15, 0.2) is 0 Å². The molecule has 0 heterocycles. The summed E-state index contributed by atoms with van der Waals surface area (Å²) in [5.74, 6) is 0. The molecule has 19 heavy (non-hydrogen) atoms. The summed E-state index contributed by atoms with van der Waals surface area (Å²) in [6.07, 6.45) is 3.00. The number of nitrogens with one attached hydrogen (secondary N) is 2. The predicted octanol–water partition coefficient (Wildman–Crippen LogP) is 6.23. The van der Waals surface area contributed by atoms with E-state index in [9.17, 15) is 0 Å². The standard InChI is InChI=1S/C5H12N2.4ClH.4H2N.2H2O.2Pt/c6-4-2-1-3-5-7;;;;;;;;;;;;/h6-7H,1-5H2;4*1H;6*1H2;;/q-2;;;;;4*-1;;;2*+2/p-4. The van der Waals surface area contributed by atoms with E-state index >= 15 is 0 Å². The third kappa shape index (κ3) is 174. The quantitative estimate of drug-likeness (QED) is 0.292. The van der Waals surface area contributed by atoms with Crippen LogP contribution in [0.2, 0.25) is 0 Å². The van der Waals surface area contributed by atoms with Gasteiger partial charge in [-0.1, -0.05) is 19.3 Å². The van der Waals surface area contributed by atoms with Crippen LogP contribution in [0, 0.1) is 0 Å². The molecule has 0 aromatic rings. The Labute approximate surface area is 149 Å². The van der Waals surface area contributed by atoms with Crippen molar-refractivity contribution in [2.24, 2.45) is 0 Å². The molecule has 14 N–H and O–H groups in total. The Morgan fingerprint density at radius 1 is 0.579 bits per heavy atom. The molecule has 140 valence electrons. The third-order valence-electron chi connectivity index (χ3n) is 0.854. The minimum absolute atomic E-state index is 0. The Bertz CT molecular complexity index is 74.9. The van der Waals surface area contributed by atoms with Crippen molar-refractivity contribution in [2.75, 3.05) is 13.1 Å². The van der Waals surface area contributed by atoms with Crippen LogP contribution in [-0.4, -0.2) is 24.0 Å². The van der Waals surface area contributed by atoms with Crippen molar-refractivity contribution in [1.29, 1.82) is 0 Å². The number of unbranched alkanes of at least 4 members (excludes halogenated alkanes) is 2. The van der Waals surface area contributed by atoms with E-state index in [1.807, 2.05) is 0 Å². The maximum Gasteiger partial charge on any atom is -0.0566 e. The number of rotatable bonds is 4. The van der Waals surface area contributed by atoms with Gasteiger partial charge < -0.3 is 47.0 Å². The minimum Gasteiger partial charge on any atom is -0.693 e. The van der Waals surface area contributed by atoms with E-state index in [4.69, 9.17) is 49.1 Å². The SMILES string of the molecule is O.O.[Cl][Pt][Cl].[Cl][Pt][Cl].[NH-]CCCCC[NH-].[NH2-].[NH2-].[NH2-].[NH2-]. The molecule has 0 atom stereocenters. The first-order valence-electron chi connectivity index (χ1n) is 3.19. The van der Waals surface area contributed by atoms with Crippen molar-refractivity contribution in [1.82, 2.24) is 0 Å². The van der Waals surface area contributed by atoms with Crippen molar-refractivity contribution in [3.8, 4) is 0 Å². The number of halogens is 4. The van der Waals surface area contributed by atoms with Crippen molar-refractivity contribution in [3.63, 3.8) is 0 Å². The monoisotopic (exact) mass is 730 g/mol. The first kappa shape index (κ1) is 58.1. The maximum absolute atomic E-state index is 6.72. The van der Waals surface area contributed by atoms with E-state index < -0.39 is 33.0 Å². The summed E-state index contributed by atoms with van der Waals surface area (Å²) in [4.78, 5) is 0. The molecule has 0 aromatic heterocycles. The Balaban J connectivity index is -0.0000000107. The van der Waals surface area contributed by atoms with E-state index in [0.29, 0.717) is 13.1 Å². The van der Waals surface area contributed by atoms with E-state index in [0.717, 1.165) is 19.3 Å². The first-order valence-corrected chi connectivity index (χ1v) is 14.4. The zero-order chi connectivity index (χ0) is 10.9. The van der Waals surface area contributed by atoms with Gasteiger partial charge in [-0.25, -0.2) is 0 Å². The molecular formula is C5H24Cl4N6O2Pt2-6. The molecule has 0 amide bonds. The second kappa shape index (κ2) is 87.9. The summed E-state index contributed by atoms with van der Waals surface area (Å²) in [5, 5.41) is 0. The number of nitrogens with two attached hydrogens (primary N) is 4. The van der Waals surface area contributed by atoms with Crippen LogP contribution < -0.4 is 0 Å².